The lowest BCUT2D eigenvalue weighted by Crippen LogP contribution is -2.27. The molecule has 2 aromatic heterocycles. The Hall–Kier alpha value is -2.67. The van der Waals surface area contributed by atoms with Crippen molar-refractivity contribution in [3.05, 3.63) is 59.0 Å². The van der Waals surface area contributed by atoms with E-state index in [1.165, 1.54) is 12.1 Å². The van der Waals surface area contributed by atoms with Gasteiger partial charge in [-0.1, -0.05) is 6.07 Å². The molecule has 136 valence electrons. The number of rotatable bonds is 8. The van der Waals surface area contributed by atoms with E-state index in [1.807, 2.05) is 24.4 Å². The van der Waals surface area contributed by atoms with Gasteiger partial charge in [0.15, 0.2) is 0 Å². The molecular formula is C19H19FN2O3S. The molecule has 0 saturated heterocycles. The summed E-state index contributed by atoms with van der Waals surface area (Å²) in [4.78, 5) is 17.4. The number of amides is 1. The minimum absolute atomic E-state index is 0.110. The maximum atomic E-state index is 12.8. The Morgan fingerprint density at radius 2 is 2.12 bits per heavy atom. The molecule has 5 nitrogen and oxygen atoms in total. The van der Waals surface area contributed by atoms with Crippen LogP contribution in [0.5, 0.6) is 5.75 Å². The molecule has 0 radical (unpaired) electrons. The fourth-order valence-corrected chi connectivity index (χ4v) is 2.98. The molecule has 26 heavy (non-hydrogen) atoms. The minimum Gasteiger partial charge on any atom is -0.494 e. The lowest BCUT2D eigenvalue weighted by molar-refractivity contribution is -0.120. The van der Waals surface area contributed by atoms with Crippen molar-refractivity contribution >= 4 is 17.2 Å². The number of oxazole rings is 1. The zero-order valence-electron chi connectivity index (χ0n) is 14.3. The number of carbonyl (C=O) groups excluding carboxylic acids is 1. The van der Waals surface area contributed by atoms with Crippen LogP contribution in [0.15, 0.2) is 46.2 Å². The molecule has 3 aromatic rings. The summed E-state index contributed by atoms with van der Waals surface area (Å²) < 4.78 is 23.9. The lowest BCUT2D eigenvalue weighted by Gasteiger charge is -2.07. The first-order valence-electron chi connectivity index (χ1n) is 8.27. The van der Waals surface area contributed by atoms with Gasteiger partial charge in [0.25, 0.3) is 0 Å². The quantitative estimate of drug-likeness (QED) is 0.606. The third-order valence-electron chi connectivity index (χ3n) is 3.68. The normalized spacial score (nSPS) is 10.7. The molecule has 0 fully saturated rings. The molecule has 0 spiro atoms. The fourth-order valence-electron chi connectivity index (χ4n) is 2.33. The van der Waals surface area contributed by atoms with Crippen LogP contribution in [0.1, 0.15) is 17.9 Å². The average molecular weight is 374 g/mol. The first kappa shape index (κ1) is 18.1. The van der Waals surface area contributed by atoms with Crippen molar-refractivity contribution in [2.24, 2.45) is 0 Å². The Kier molecular flexibility index (Phi) is 6.01. The monoisotopic (exact) mass is 374 g/mol. The summed E-state index contributed by atoms with van der Waals surface area (Å²) in [7, 11) is 0. The molecule has 2 heterocycles. The number of thiophene rings is 1. The molecule has 3 rings (SSSR count). The predicted octanol–water partition coefficient (Wildman–Crippen LogP) is 3.98. The number of carbonyl (C=O) groups is 1. The van der Waals surface area contributed by atoms with Gasteiger partial charge in [-0.3, -0.25) is 4.79 Å². The summed E-state index contributed by atoms with van der Waals surface area (Å²) in [5.41, 5.74) is 0.647. The van der Waals surface area contributed by atoms with Crippen LogP contribution in [0.3, 0.4) is 0 Å². The van der Waals surface area contributed by atoms with Gasteiger partial charge < -0.3 is 14.5 Å². The van der Waals surface area contributed by atoms with Gasteiger partial charge in [-0.25, -0.2) is 9.37 Å². The van der Waals surface area contributed by atoms with Crippen LogP contribution < -0.4 is 10.1 Å². The van der Waals surface area contributed by atoms with E-state index in [0.29, 0.717) is 42.7 Å². The number of nitrogens with one attached hydrogen (secondary N) is 1. The molecule has 7 heteroatoms. The summed E-state index contributed by atoms with van der Waals surface area (Å²) in [6, 6.07) is 9.71. The number of ether oxygens (including phenoxy) is 1. The van der Waals surface area contributed by atoms with Gasteiger partial charge >= 0.3 is 0 Å². The third-order valence-corrected chi connectivity index (χ3v) is 4.54. The fraction of sp³-hybridized carbons (Fsp3) is 0.263. The van der Waals surface area contributed by atoms with E-state index in [0.717, 1.165) is 4.88 Å². The second-order valence-electron chi connectivity index (χ2n) is 5.68. The number of hydrogen-bond acceptors (Lipinski definition) is 5. The smallest absolute Gasteiger partial charge is 0.236 e. The van der Waals surface area contributed by atoms with E-state index < -0.39 is 0 Å². The van der Waals surface area contributed by atoms with Crippen molar-refractivity contribution in [2.75, 3.05) is 13.2 Å². The van der Waals surface area contributed by atoms with Crippen molar-refractivity contribution in [3.63, 3.8) is 0 Å². The SMILES string of the molecule is Cc1oc(-c2cccs2)nc1CC(=O)NCCCOc1ccc(F)cc1. The Morgan fingerprint density at radius 3 is 2.85 bits per heavy atom. The molecular weight excluding hydrogens is 355 g/mol. The molecule has 0 aliphatic heterocycles. The zero-order chi connectivity index (χ0) is 18.4. The molecule has 0 unspecified atom stereocenters. The van der Waals surface area contributed by atoms with E-state index >= 15 is 0 Å². The Morgan fingerprint density at radius 1 is 1.31 bits per heavy atom. The Balaban J connectivity index is 1.40. The predicted molar refractivity (Wildman–Crippen MR) is 97.8 cm³/mol. The highest BCUT2D eigenvalue weighted by molar-refractivity contribution is 7.13. The van der Waals surface area contributed by atoms with E-state index in [9.17, 15) is 9.18 Å². The summed E-state index contributed by atoms with van der Waals surface area (Å²) >= 11 is 1.54. The highest BCUT2D eigenvalue weighted by atomic mass is 32.1. The Bertz CT molecular complexity index is 844. The highest BCUT2D eigenvalue weighted by Crippen LogP contribution is 2.26. The van der Waals surface area contributed by atoms with Crippen molar-refractivity contribution < 1.29 is 18.3 Å². The van der Waals surface area contributed by atoms with Gasteiger partial charge in [0.05, 0.1) is 23.6 Å². The van der Waals surface area contributed by atoms with Crippen LogP contribution in [0.2, 0.25) is 0 Å². The van der Waals surface area contributed by atoms with Crippen LogP contribution >= 0.6 is 11.3 Å². The van der Waals surface area contributed by atoms with Gasteiger partial charge in [0.2, 0.25) is 11.8 Å². The van der Waals surface area contributed by atoms with Crippen molar-refractivity contribution in [1.82, 2.24) is 10.3 Å². The molecule has 1 aromatic carbocycles. The number of benzene rings is 1. The molecule has 1 N–H and O–H groups in total. The standard InChI is InChI=1S/C19H19FN2O3S/c1-13-16(22-19(25-13)17-4-2-11-26-17)12-18(23)21-9-3-10-24-15-7-5-14(20)6-8-15/h2,4-8,11H,3,9-10,12H2,1H3,(H,21,23). The Labute approximate surface area is 154 Å². The molecule has 0 atom stereocenters. The van der Waals surface area contributed by atoms with Crippen molar-refractivity contribution in [3.8, 4) is 16.5 Å². The molecule has 1 amide bonds. The van der Waals surface area contributed by atoms with Crippen LogP contribution in [0.4, 0.5) is 4.39 Å². The van der Waals surface area contributed by atoms with Crippen molar-refractivity contribution in [1.29, 1.82) is 0 Å². The number of aryl methyl sites for hydroxylation is 1. The topological polar surface area (TPSA) is 64.4 Å². The van der Waals surface area contributed by atoms with Crippen LogP contribution in [0, 0.1) is 12.7 Å². The summed E-state index contributed by atoms with van der Waals surface area (Å²) in [5.74, 6) is 1.41. The maximum absolute atomic E-state index is 12.8. The van der Waals surface area contributed by atoms with E-state index in [-0.39, 0.29) is 18.1 Å². The zero-order valence-corrected chi connectivity index (χ0v) is 15.1. The second-order valence-corrected chi connectivity index (χ2v) is 6.63. The molecule has 0 aliphatic rings. The van der Waals surface area contributed by atoms with Crippen LogP contribution in [-0.4, -0.2) is 24.0 Å². The summed E-state index contributed by atoms with van der Waals surface area (Å²) in [6.07, 6.45) is 0.834. The second kappa shape index (κ2) is 8.62. The van der Waals surface area contributed by atoms with Crippen LogP contribution in [0.25, 0.3) is 10.8 Å². The van der Waals surface area contributed by atoms with Gasteiger partial charge in [-0.2, -0.15) is 0 Å². The minimum atomic E-state index is -0.296. The van der Waals surface area contributed by atoms with Crippen LogP contribution in [-0.2, 0) is 11.2 Å². The van der Waals surface area contributed by atoms with E-state index in [1.54, 1.807) is 23.5 Å². The highest BCUT2D eigenvalue weighted by Gasteiger charge is 2.14. The van der Waals surface area contributed by atoms with Crippen molar-refractivity contribution in [2.45, 2.75) is 19.8 Å². The average Bonchev–Trinajstić information content (AvgIpc) is 3.27. The number of halogens is 1. The molecule has 0 aliphatic carbocycles. The molecule has 0 bridgehead atoms. The first-order valence-corrected chi connectivity index (χ1v) is 9.15. The van der Waals surface area contributed by atoms with Gasteiger partial charge in [-0.15, -0.1) is 11.3 Å². The first-order chi connectivity index (χ1) is 12.6. The lowest BCUT2D eigenvalue weighted by atomic mass is 10.2. The maximum Gasteiger partial charge on any atom is 0.236 e. The largest absolute Gasteiger partial charge is 0.494 e. The third kappa shape index (κ3) is 4.92. The van der Waals surface area contributed by atoms with Gasteiger partial charge in [-0.05, 0) is 49.1 Å². The van der Waals surface area contributed by atoms with E-state index in [2.05, 4.69) is 10.3 Å². The van der Waals surface area contributed by atoms with Gasteiger partial charge in [0, 0.05) is 6.54 Å². The van der Waals surface area contributed by atoms with Gasteiger partial charge in [0.1, 0.15) is 17.3 Å². The summed E-state index contributed by atoms with van der Waals surface area (Å²) in [6.45, 7) is 2.75. The number of nitrogens with zero attached hydrogens (tertiary/aromatic N) is 1. The number of hydrogen-bond donors (Lipinski definition) is 1. The summed E-state index contributed by atoms with van der Waals surface area (Å²) in [5, 5.41) is 4.79. The molecule has 0 saturated carbocycles. The number of aromatic nitrogens is 1. The van der Waals surface area contributed by atoms with E-state index in [4.69, 9.17) is 9.15 Å².